The SMILES string of the molecule is N#Cc1nn(CC(=O)O)c2cc3c(cc12)COC3. The van der Waals surface area contributed by atoms with Crippen molar-refractivity contribution in [1.82, 2.24) is 9.78 Å². The number of nitrogens with zero attached hydrogens (tertiary/aromatic N) is 3. The number of carboxylic acids is 1. The first-order chi connectivity index (χ1) is 8.69. The molecule has 0 atom stereocenters. The van der Waals surface area contributed by atoms with Crippen LogP contribution < -0.4 is 0 Å². The third-order valence-corrected chi connectivity index (χ3v) is 2.98. The summed E-state index contributed by atoms with van der Waals surface area (Å²) in [5.74, 6) is -0.986. The minimum Gasteiger partial charge on any atom is -0.480 e. The molecule has 0 unspecified atom stereocenters. The van der Waals surface area contributed by atoms with Crippen LogP contribution in [0.1, 0.15) is 16.8 Å². The van der Waals surface area contributed by atoms with Gasteiger partial charge in [-0.25, -0.2) is 0 Å². The molecule has 0 spiro atoms. The van der Waals surface area contributed by atoms with E-state index < -0.39 is 5.97 Å². The molecule has 1 N–H and O–H groups in total. The highest BCUT2D eigenvalue weighted by molar-refractivity contribution is 5.86. The highest BCUT2D eigenvalue weighted by Crippen LogP contribution is 2.27. The molecule has 0 fully saturated rings. The molecule has 6 nitrogen and oxygen atoms in total. The molecule has 0 bridgehead atoms. The number of nitriles is 1. The molecule has 0 amide bonds. The van der Waals surface area contributed by atoms with E-state index in [0.29, 0.717) is 24.1 Å². The molecule has 1 aliphatic heterocycles. The Kier molecular flexibility index (Phi) is 2.28. The summed E-state index contributed by atoms with van der Waals surface area (Å²) < 4.78 is 6.66. The molecule has 90 valence electrons. The van der Waals surface area contributed by atoms with Crippen LogP contribution in [0.3, 0.4) is 0 Å². The fourth-order valence-electron chi connectivity index (χ4n) is 2.18. The van der Waals surface area contributed by atoms with E-state index in [-0.39, 0.29) is 12.2 Å². The van der Waals surface area contributed by atoms with Crippen LogP contribution in [0.25, 0.3) is 10.9 Å². The summed E-state index contributed by atoms with van der Waals surface area (Å²) in [6.45, 7) is 0.795. The number of ether oxygens (including phenoxy) is 1. The number of aromatic nitrogens is 2. The van der Waals surface area contributed by atoms with E-state index in [1.807, 2.05) is 18.2 Å². The van der Waals surface area contributed by atoms with Crippen LogP contribution >= 0.6 is 0 Å². The lowest BCUT2D eigenvalue weighted by Gasteiger charge is -2.01. The number of hydrogen-bond acceptors (Lipinski definition) is 4. The van der Waals surface area contributed by atoms with Crippen molar-refractivity contribution >= 4 is 16.9 Å². The van der Waals surface area contributed by atoms with Crippen molar-refractivity contribution in [3.05, 3.63) is 29.0 Å². The van der Waals surface area contributed by atoms with Crippen LogP contribution in [0, 0.1) is 11.3 Å². The maximum Gasteiger partial charge on any atom is 0.325 e. The molecule has 0 aliphatic carbocycles. The van der Waals surface area contributed by atoms with E-state index in [4.69, 9.17) is 15.1 Å². The summed E-state index contributed by atoms with van der Waals surface area (Å²) in [5, 5.41) is 22.6. The molecule has 2 aromatic rings. The first kappa shape index (κ1) is 10.7. The van der Waals surface area contributed by atoms with Crippen molar-refractivity contribution in [3.8, 4) is 6.07 Å². The van der Waals surface area contributed by atoms with Gasteiger partial charge >= 0.3 is 5.97 Å². The van der Waals surface area contributed by atoms with Crippen molar-refractivity contribution in [2.45, 2.75) is 19.8 Å². The minimum atomic E-state index is -0.986. The molecule has 6 heteroatoms. The first-order valence-corrected chi connectivity index (χ1v) is 5.41. The molecule has 1 aromatic carbocycles. The smallest absolute Gasteiger partial charge is 0.325 e. The zero-order valence-corrected chi connectivity index (χ0v) is 9.38. The lowest BCUT2D eigenvalue weighted by atomic mass is 10.1. The summed E-state index contributed by atoms with van der Waals surface area (Å²) in [6.07, 6.45) is 0. The zero-order chi connectivity index (χ0) is 12.7. The van der Waals surface area contributed by atoms with E-state index >= 15 is 0 Å². The predicted molar refractivity (Wildman–Crippen MR) is 60.6 cm³/mol. The van der Waals surface area contributed by atoms with Gasteiger partial charge in [0, 0.05) is 5.39 Å². The van der Waals surface area contributed by atoms with E-state index in [1.54, 1.807) is 0 Å². The maximum atomic E-state index is 10.8. The van der Waals surface area contributed by atoms with Crippen molar-refractivity contribution in [3.63, 3.8) is 0 Å². The summed E-state index contributed by atoms with van der Waals surface area (Å²) >= 11 is 0. The van der Waals surface area contributed by atoms with Gasteiger partial charge in [-0.15, -0.1) is 0 Å². The van der Waals surface area contributed by atoms with Crippen LogP contribution in [0.4, 0.5) is 0 Å². The maximum absolute atomic E-state index is 10.8. The third kappa shape index (κ3) is 1.53. The van der Waals surface area contributed by atoms with E-state index in [9.17, 15) is 4.79 Å². The van der Waals surface area contributed by atoms with Gasteiger partial charge in [-0.1, -0.05) is 0 Å². The summed E-state index contributed by atoms with van der Waals surface area (Å²) in [5.41, 5.74) is 2.98. The van der Waals surface area contributed by atoms with Crippen molar-refractivity contribution in [2.24, 2.45) is 0 Å². The van der Waals surface area contributed by atoms with Gasteiger partial charge in [0.05, 0.1) is 18.7 Å². The number of carbonyl (C=O) groups is 1. The molecular weight excluding hydrogens is 234 g/mol. The second-order valence-electron chi connectivity index (χ2n) is 4.14. The fraction of sp³-hybridized carbons (Fsp3) is 0.250. The van der Waals surface area contributed by atoms with Gasteiger partial charge in [-0.2, -0.15) is 10.4 Å². The number of benzene rings is 1. The Balaban J connectivity index is 2.26. The van der Waals surface area contributed by atoms with Gasteiger partial charge in [0.25, 0.3) is 0 Å². The standard InChI is InChI=1S/C12H9N3O3/c13-3-10-9-1-7-5-18-6-8(7)2-11(9)15(14-10)4-12(16)17/h1-2H,4-6H2,(H,16,17). The van der Waals surface area contributed by atoms with Gasteiger partial charge in [-0.05, 0) is 23.3 Å². The van der Waals surface area contributed by atoms with Gasteiger partial charge in [-0.3, -0.25) is 9.48 Å². The number of carboxylic acid groups (broad SMARTS) is 1. The number of fused-ring (bicyclic) bond motifs is 2. The largest absolute Gasteiger partial charge is 0.480 e. The van der Waals surface area contributed by atoms with Crippen LogP contribution in [-0.4, -0.2) is 20.9 Å². The molecule has 1 aliphatic rings. The van der Waals surface area contributed by atoms with E-state index in [0.717, 1.165) is 11.1 Å². The Labute approximate surface area is 102 Å². The Hall–Kier alpha value is -2.39. The molecule has 2 heterocycles. The summed E-state index contributed by atoms with van der Waals surface area (Å²) in [6, 6.07) is 5.71. The molecule has 0 saturated carbocycles. The first-order valence-electron chi connectivity index (χ1n) is 5.41. The molecule has 3 rings (SSSR count). The van der Waals surface area contributed by atoms with Gasteiger partial charge in [0.1, 0.15) is 12.6 Å². The van der Waals surface area contributed by atoms with Crippen molar-refractivity contribution < 1.29 is 14.6 Å². The average molecular weight is 243 g/mol. The third-order valence-electron chi connectivity index (χ3n) is 2.98. The number of rotatable bonds is 2. The Morgan fingerprint density at radius 1 is 1.50 bits per heavy atom. The van der Waals surface area contributed by atoms with E-state index in [2.05, 4.69) is 5.10 Å². The fourth-order valence-corrected chi connectivity index (χ4v) is 2.18. The van der Waals surface area contributed by atoms with Crippen molar-refractivity contribution in [2.75, 3.05) is 0 Å². The topological polar surface area (TPSA) is 88.1 Å². The molecule has 18 heavy (non-hydrogen) atoms. The number of hydrogen-bond donors (Lipinski definition) is 1. The average Bonchev–Trinajstić information content (AvgIpc) is 2.90. The summed E-state index contributed by atoms with van der Waals surface area (Å²) in [7, 11) is 0. The van der Waals surface area contributed by atoms with Gasteiger partial charge in [0.15, 0.2) is 5.69 Å². The Morgan fingerprint density at radius 2 is 2.22 bits per heavy atom. The Bertz CT molecular complexity index is 697. The normalized spacial score (nSPS) is 13.5. The van der Waals surface area contributed by atoms with Crippen LogP contribution in [0.2, 0.25) is 0 Å². The molecule has 0 saturated heterocycles. The van der Waals surface area contributed by atoms with Gasteiger partial charge in [0.2, 0.25) is 0 Å². The molecule has 1 aromatic heterocycles. The second kappa shape index (κ2) is 3.82. The minimum absolute atomic E-state index is 0.251. The lowest BCUT2D eigenvalue weighted by molar-refractivity contribution is -0.137. The molecular formula is C12H9N3O3. The quantitative estimate of drug-likeness (QED) is 0.850. The van der Waals surface area contributed by atoms with Crippen LogP contribution in [-0.2, 0) is 29.3 Å². The monoisotopic (exact) mass is 243 g/mol. The van der Waals surface area contributed by atoms with Crippen LogP contribution in [0.5, 0.6) is 0 Å². The zero-order valence-electron chi connectivity index (χ0n) is 9.38. The summed E-state index contributed by atoms with van der Waals surface area (Å²) in [4.78, 5) is 10.8. The Morgan fingerprint density at radius 3 is 2.89 bits per heavy atom. The van der Waals surface area contributed by atoms with Gasteiger partial charge < -0.3 is 9.84 Å². The molecule has 0 radical (unpaired) electrons. The number of aliphatic carboxylic acids is 1. The highest BCUT2D eigenvalue weighted by Gasteiger charge is 2.18. The lowest BCUT2D eigenvalue weighted by Crippen LogP contribution is -2.10. The predicted octanol–water partition coefficient (Wildman–Crippen LogP) is 1.02. The van der Waals surface area contributed by atoms with Crippen molar-refractivity contribution in [1.29, 1.82) is 5.26 Å². The van der Waals surface area contributed by atoms with E-state index in [1.165, 1.54) is 4.68 Å². The van der Waals surface area contributed by atoms with Crippen LogP contribution in [0.15, 0.2) is 12.1 Å². The highest BCUT2D eigenvalue weighted by atomic mass is 16.5. The second-order valence-corrected chi connectivity index (χ2v) is 4.14.